The summed E-state index contributed by atoms with van der Waals surface area (Å²) in [5, 5.41) is 3.35. The topological polar surface area (TPSA) is 12.0 Å². The first-order valence-electron chi connectivity index (χ1n) is 5.56. The largest absolute Gasteiger partial charge is 0.312 e. The van der Waals surface area contributed by atoms with Crippen LogP contribution in [0.1, 0.15) is 26.3 Å². The third kappa shape index (κ3) is 8.47. The van der Waals surface area contributed by atoms with Crippen molar-refractivity contribution >= 4 is 24.2 Å². The van der Waals surface area contributed by atoms with Crippen molar-refractivity contribution < 1.29 is 4.39 Å². The van der Waals surface area contributed by atoms with Gasteiger partial charge in [0.2, 0.25) is 0 Å². The molecule has 0 saturated heterocycles. The van der Waals surface area contributed by atoms with Crippen LogP contribution in [0.2, 0.25) is 0 Å². The van der Waals surface area contributed by atoms with Crippen LogP contribution in [0, 0.1) is 5.82 Å². The van der Waals surface area contributed by atoms with Gasteiger partial charge in [-0.05, 0) is 17.7 Å². The molecule has 0 aliphatic heterocycles. The fraction of sp³-hybridized carbons (Fsp3) is 0.538. The summed E-state index contributed by atoms with van der Waals surface area (Å²) in [5.74, 6) is 0.928. The molecule has 0 fully saturated rings. The molecule has 1 N–H and O–H groups in total. The molecule has 1 aromatic rings. The Kier molecular flexibility index (Phi) is 7.84. The van der Waals surface area contributed by atoms with E-state index in [1.807, 2.05) is 23.9 Å². The van der Waals surface area contributed by atoms with Gasteiger partial charge in [-0.15, -0.1) is 12.4 Å². The van der Waals surface area contributed by atoms with Crippen LogP contribution in [0.5, 0.6) is 0 Å². The minimum absolute atomic E-state index is 0. The van der Waals surface area contributed by atoms with Crippen LogP contribution in [-0.2, 0) is 6.54 Å². The Morgan fingerprint density at radius 1 is 1.18 bits per heavy atom. The Labute approximate surface area is 114 Å². The maximum atomic E-state index is 12.6. The van der Waals surface area contributed by atoms with Crippen molar-refractivity contribution in [3.8, 4) is 0 Å². The van der Waals surface area contributed by atoms with Crippen LogP contribution in [0.3, 0.4) is 0 Å². The quantitative estimate of drug-likeness (QED) is 0.820. The van der Waals surface area contributed by atoms with Crippen LogP contribution in [-0.4, -0.2) is 17.0 Å². The zero-order valence-electron chi connectivity index (χ0n) is 10.6. The van der Waals surface area contributed by atoms with E-state index in [1.54, 1.807) is 0 Å². The molecule has 0 unspecified atom stereocenters. The van der Waals surface area contributed by atoms with Crippen molar-refractivity contribution in [2.24, 2.45) is 0 Å². The van der Waals surface area contributed by atoms with E-state index in [1.165, 1.54) is 12.1 Å². The number of thioether (sulfide) groups is 1. The van der Waals surface area contributed by atoms with Crippen LogP contribution >= 0.6 is 24.2 Å². The molecule has 1 nitrogen and oxygen atoms in total. The summed E-state index contributed by atoms with van der Waals surface area (Å²) in [5.41, 5.74) is 1.13. The second-order valence-corrected chi connectivity index (χ2v) is 6.69. The molecule has 0 atom stereocenters. The average Bonchev–Trinajstić information content (AvgIpc) is 2.19. The Hall–Kier alpha value is -0.250. The second kappa shape index (κ2) is 7.96. The summed E-state index contributed by atoms with van der Waals surface area (Å²) < 4.78 is 13.0. The van der Waals surface area contributed by atoms with Crippen LogP contribution in [0.25, 0.3) is 0 Å². The monoisotopic (exact) mass is 277 g/mol. The third-order valence-electron chi connectivity index (χ3n) is 2.06. The molecule has 0 aliphatic carbocycles. The zero-order valence-corrected chi connectivity index (χ0v) is 12.3. The number of benzene rings is 1. The summed E-state index contributed by atoms with van der Waals surface area (Å²) in [6.45, 7) is 8.46. The summed E-state index contributed by atoms with van der Waals surface area (Å²) in [4.78, 5) is 0. The predicted octanol–water partition coefficient (Wildman–Crippen LogP) is 3.87. The number of hydrogen-bond acceptors (Lipinski definition) is 2. The predicted molar refractivity (Wildman–Crippen MR) is 77.6 cm³/mol. The highest BCUT2D eigenvalue weighted by Crippen LogP contribution is 2.21. The van der Waals surface area contributed by atoms with Crippen molar-refractivity contribution in [2.75, 3.05) is 12.3 Å². The van der Waals surface area contributed by atoms with Crippen molar-refractivity contribution in [1.82, 2.24) is 5.32 Å². The molecule has 4 heteroatoms. The highest BCUT2D eigenvalue weighted by Gasteiger charge is 2.08. The molecule has 98 valence electrons. The third-order valence-corrected chi connectivity index (χ3v) is 3.33. The Morgan fingerprint density at radius 3 is 2.29 bits per heavy atom. The Balaban J connectivity index is 0.00000256. The smallest absolute Gasteiger partial charge is 0.123 e. The first-order valence-corrected chi connectivity index (χ1v) is 6.55. The van der Waals surface area contributed by atoms with E-state index in [-0.39, 0.29) is 18.2 Å². The van der Waals surface area contributed by atoms with Gasteiger partial charge < -0.3 is 5.32 Å². The molecule has 0 spiro atoms. The van der Waals surface area contributed by atoms with E-state index in [4.69, 9.17) is 0 Å². The van der Waals surface area contributed by atoms with Gasteiger partial charge in [0, 0.05) is 23.6 Å². The van der Waals surface area contributed by atoms with Gasteiger partial charge in [0.1, 0.15) is 5.82 Å². The van der Waals surface area contributed by atoms with Crippen LogP contribution in [0.4, 0.5) is 4.39 Å². The Bertz CT molecular complexity index is 308. The maximum absolute atomic E-state index is 12.6. The molecular formula is C13H21ClFNS. The van der Waals surface area contributed by atoms with Crippen molar-refractivity contribution in [1.29, 1.82) is 0 Å². The standard InChI is InChI=1S/C13H20FNS.ClH/c1-13(2,3)16-9-8-15-10-11-4-6-12(14)7-5-11;/h4-7,15H,8-10H2,1-3H3;1H. The zero-order chi connectivity index (χ0) is 12.0. The minimum atomic E-state index is -0.174. The lowest BCUT2D eigenvalue weighted by atomic mass is 10.2. The molecule has 1 rings (SSSR count). The molecule has 0 heterocycles. The van der Waals surface area contributed by atoms with E-state index >= 15 is 0 Å². The molecular weight excluding hydrogens is 257 g/mol. The molecule has 0 radical (unpaired) electrons. The van der Waals surface area contributed by atoms with E-state index < -0.39 is 0 Å². The van der Waals surface area contributed by atoms with E-state index in [0.29, 0.717) is 4.75 Å². The molecule has 0 aliphatic rings. The first kappa shape index (κ1) is 16.8. The van der Waals surface area contributed by atoms with Crippen molar-refractivity contribution in [2.45, 2.75) is 32.1 Å². The fourth-order valence-electron chi connectivity index (χ4n) is 1.26. The molecule has 1 aromatic carbocycles. The first-order chi connectivity index (χ1) is 7.47. The van der Waals surface area contributed by atoms with Gasteiger partial charge in [-0.2, -0.15) is 11.8 Å². The van der Waals surface area contributed by atoms with Crippen molar-refractivity contribution in [3.63, 3.8) is 0 Å². The van der Waals surface area contributed by atoms with Gasteiger partial charge in [0.05, 0.1) is 0 Å². The molecule has 0 bridgehead atoms. The van der Waals surface area contributed by atoms with Crippen LogP contribution < -0.4 is 5.32 Å². The average molecular weight is 278 g/mol. The lowest BCUT2D eigenvalue weighted by molar-refractivity contribution is 0.625. The van der Waals surface area contributed by atoms with Crippen molar-refractivity contribution in [3.05, 3.63) is 35.6 Å². The summed E-state index contributed by atoms with van der Waals surface area (Å²) >= 11 is 1.95. The van der Waals surface area contributed by atoms with Gasteiger partial charge in [0.15, 0.2) is 0 Å². The van der Waals surface area contributed by atoms with Gasteiger partial charge in [0.25, 0.3) is 0 Å². The molecule has 0 saturated carbocycles. The second-order valence-electron chi connectivity index (χ2n) is 4.76. The summed E-state index contributed by atoms with van der Waals surface area (Å²) in [6.07, 6.45) is 0. The highest BCUT2D eigenvalue weighted by molar-refractivity contribution is 8.00. The Morgan fingerprint density at radius 2 is 1.76 bits per heavy atom. The summed E-state index contributed by atoms with van der Waals surface area (Å²) in [6, 6.07) is 6.64. The van der Waals surface area contributed by atoms with Crippen LogP contribution in [0.15, 0.2) is 24.3 Å². The molecule has 0 amide bonds. The maximum Gasteiger partial charge on any atom is 0.123 e. The van der Waals surface area contributed by atoms with E-state index in [2.05, 4.69) is 26.1 Å². The van der Waals surface area contributed by atoms with Gasteiger partial charge in [-0.3, -0.25) is 0 Å². The van der Waals surface area contributed by atoms with Gasteiger partial charge >= 0.3 is 0 Å². The number of hydrogen-bond donors (Lipinski definition) is 1. The number of halogens is 2. The molecule has 17 heavy (non-hydrogen) atoms. The number of rotatable bonds is 5. The SMILES string of the molecule is CC(C)(C)SCCNCc1ccc(F)cc1.Cl. The highest BCUT2D eigenvalue weighted by atomic mass is 35.5. The fourth-order valence-corrected chi connectivity index (χ4v) is 2.12. The molecule has 0 aromatic heterocycles. The van der Waals surface area contributed by atoms with Gasteiger partial charge in [-0.1, -0.05) is 32.9 Å². The summed E-state index contributed by atoms with van der Waals surface area (Å²) in [7, 11) is 0. The van der Waals surface area contributed by atoms with E-state index in [0.717, 1.165) is 24.4 Å². The lowest BCUT2D eigenvalue weighted by Crippen LogP contribution is -2.19. The lowest BCUT2D eigenvalue weighted by Gasteiger charge is -2.17. The van der Waals surface area contributed by atoms with Gasteiger partial charge in [-0.25, -0.2) is 4.39 Å². The normalized spacial score (nSPS) is 11.1. The minimum Gasteiger partial charge on any atom is -0.312 e. The van der Waals surface area contributed by atoms with E-state index in [9.17, 15) is 4.39 Å². The number of nitrogens with one attached hydrogen (secondary N) is 1.